The van der Waals surface area contributed by atoms with Crippen molar-refractivity contribution >= 4 is 5.91 Å². The Morgan fingerprint density at radius 2 is 1.86 bits per heavy atom. The minimum atomic E-state index is -0.251. The standard InChI is InChI=1S/C22H31FN4O/c1-16(2)21-14-25(13-20-11-24-15-27(20)17(3)4)10-9-22(28)26(21)12-18-5-7-19(23)8-6-18/h5-8,11,15-17,21H,9-10,12-14H2,1-4H3. The number of rotatable bonds is 6. The normalized spacial score (nSPS) is 18.9. The molecule has 6 heteroatoms. The average molecular weight is 387 g/mol. The second-order valence-corrected chi connectivity index (χ2v) is 8.33. The summed E-state index contributed by atoms with van der Waals surface area (Å²) in [4.78, 5) is 21.6. The number of aromatic nitrogens is 2. The van der Waals surface area contributed by atoms with Crippen LogP contribution in [0.5, 0.6) is 0 Å². The monoisotopic (exact) mass is 386 g/mol. The molecular formula is C22H31FN4O. The number of carbonyl (C=O) groups is 1. The molecule has 1 aromatic carbocycles. The van der Waals surface area contributed by atoms with Gasteiger partial charge in [-0.05, 0) is 37.5 Å². The summed E-state index contributed by atoms with van der Waals surface area (Å²) in [7, 11) is 0. The average Bonchev–Trinajstić information content (AvgIpc) is 3.05. The van der Waals surface area contributed by atoms with Crippen LogP contribution in [0.4, 0.5) is 4.39 Å². The molecule has 2 aromatic rings. The van der Waals surface area contributed by atoms with Crippen molar-refractivity contribution in [3.63, 3.8) is 0 Å². The maximum atomic E-state index is 13.2. The van der Waals surface area contributed by atoms with Crippen LogP contribution in [0.1, 0.15) is 51.4 Å². The molecule has 1 aromatic heterocycles. The maximum absolute atomic E-state index is 13.2. The zero-order valence-electron chi connectivity index (χ0n) is 17.3. The van der Waals surface area contributed by atoms with Crippen molar-refractivity contribution < 1.29 is 9.18 Å². The van der Waals surface area contributed by atoms with Gasteiger partial charge in [-0.25, -0.2) is 9.37 Å². The molecule has 5 nitrogen and oxygen atoms in total. The number of carbonyl (C=O) groups excluding carboxylic acids is 1. The lowest BCUT2D eigenvalue weighted by Crippen LogP contribution is -2.45. The van der Waals surface area contributed by atoms with Gasteiger partial charge in [0.1, 0.15) is 5.82 Å². The molecule has 1 aliphatic heterocycles. The van der Waals surface area contributed by atoms with E-state index in [0.717, 1.165) is 25.2 Å². The highest BCUT2D eigenvalue weighted by molar-refractivity contribution is 5.77. The van der Waals surface area contributed by atoms with Crippen molar-refractivity contribution in [1.29, 1.82) is 0 Å². The molecule has 1 saturated heterocycles. The highest BCUT2D eigenvalue weighted by atomic mass is 19.1. The smallest absolute Gasteiger partial charge is 0.224 e. The summed E-state index contributed by atoms with van der Waals surface area (Å²) in [6.45, 7) is 11.5. The number of hydrogen-bond acceptors (Lipinski definition) is 3. The molecule has 0 saturated carbocycles. The Morgan fingerprint density at radius 1 is 1.14 bits per heavy atom. The van der Waals surface area contributed by atoms with Crippen LogP contribution in [0.25, 0.3) is 0 Å². The van der Waals surface area contributed by atoms with E-state index in [2.05, 4.69) is 42.1 Å². The number of amides is 1. The lowest BCUT2D eigenvalue weighted by Gasteiger charge is -2.35. The van der Waals surface area contributed by atoms with E-state index >= 15 is 0 Å². The lowest BCUT2D eigenvalue weighted by atomic mass is 10.0. The van der Waals surface area contributed by atoms with Gasteiger partial charge in [0.05, 0.1) is 12.0 Å². The first-order chi connectivity index (χ1) is 13.3. The maximum Gasteiger partial charge on any atom is 0.224 e. The fourth-order valence-corrected chi connectivity index (χ4v) is 3.89. The van der Waals surface area contributed by atoms with Gasteiger partial charge in [0, 0.05) is 50.9 Å². The van der Waals surface area contributed by atoms with E-state index in [1.807, 2.05) is 17.4 Å². The molecule has 0 spiro atoms. The summed E-state index contributed by atoms with van der Waals surface area (Å²) in [5.74, 6) is 0.252. The number of nitrogens with zero attached hydrogens (tertiary/aromatic N) is 4. The SMILES string of the molecule is CC(C)C1CN(Cc2cncn2C(C)C)CCC(=O)N1Cc1ccc(F)cc1. The topological polar surface area (TPSA) is 41.4 Å². The van der Waals surface area contributed by atoms with Gasteiger partial charge in [0.2, 0.25) is 5.91 Å². The van der Waals surface area contributed by atoms with Gasteiger partial charge in [-0.1, -0.05) is 26.0 Å². The molecule has 1 fully saturated rings. The van der Waals surface area contributed by atoms with E-state index in [4.69, 9.17) is 0 Å². The van der Waals surface area contributed by atoms with Crippen molar-refractivity contribution in [2.75, 3.05) is 13.1 Å². The Bertz CT molecular complexity index is 784. The van der Waals surface area contributed by atoms with Gasteiger partial charge in [-0.3, -0.25) is 9.69 Å². The van der Waals surface area contributed by atoms with Gasteiger partial charge < -0.3 is 9.47 Å². The molecule has 0 aliphatic carbocycles. The molecule has 1 atom stereocenters. The predicted octanol–water partition coefficient (Wildman–Crippen LogP) is 3.86. The van der Waals surface area contributed by atoms with Gasteiger partial charge in [0.25, 0.3) is 0 Å². The Labute approximate surface area is 167 Å². The molecule has 3 rings (SSSR count). The Kier molecular flexibility index (Phi) is 6.50. The van der Waals surface area contributed by atoms with Gasteiger partial charge in [-0.15, -0.1) is 0 Å². The van der Waals surface area contributed by atoms with Crippen molar-refractivity contribution in [1.82, 2.24) is 19.4 Å². The lowest BCUT2D eigenvalue weighted by molar-refractivity contribution is -0.134. The molecule has 1 unspecified atom stereocenters. The Balaban J connectivity index is 1.77. The second-order valence-electron chi connectivity index (χ2n) is 8.33. The summed E-state index contributed by atoms with van der Waals surface area (Å²) in [6.07, 6.45) is 4.30. The zero-order valence-corrected chi connectivity index (χ0v) is 17.3. The fourth-order valence-electron chi connectivity index (χ4n) is 3.89. The summed E-state index contributed by atoms with van der Waals surface area (Å²) >= 11 is 0. The van der Waals surface area contributed by atoms with Gasteiger partial charge in [0.15, 0.2) is 0 Å². The first-order valence-electron chi connectivity index (χ1n) is 10.1. The largest absolute Gasteiger partial charge is 0.334 e. The third-order valence-electron chi connectivity index (χ3n) is 5.53. The van der Waals surface area contributed by atoms with Crippen molar-refractivity contribution in [2.45, 2.75) is 59.3 Å². The predicted molar refractivity (Wildman–Crippen MR) is 108 cm³/mol. The molecule has 0 bridgehead atoms. The van der Waals surface area contributed by atoms with Crippen LogP contribution in [0.2, 0.25) is 0 Å². The quantitative estimate of drug-likeness (QED) is 0.757. The van der Waals surface area contributed by atoms with Crippen molar-refractivity contribution in [3.05, 3.63) is 53.9 Å². The van der Waals surface area contributed by atoms with E-state index in [0.29, 0.717) is 24.9 Å². The summed E-state index contributed by atoms with van der Waals surface area (Å²) in [5, 5.41) is 0. The van der Waals surface area contributed by atoms with Crippen LogP contribution in [0.15, 0.2) is 36.8 Å². The number of imidazole rings is 1. The molecule has 0 radical (unpaired) electrons. The third-order valence-corrected chi connectivity index (χ3v) is 5.53. The van der Waals surface area contributed by atoms with E-state index in [9.17, 15) is 9.18 Å². The Hall–Kier alpha value is -2.21. The number of hydrogen-bond donors (Lipinski definition) is 0. The number of halogens is 1. The molecule has 152 valence electrons. The Morgan fingerprint density at radius 3 is 2.50 bits per heavy atom. The van der Waals surface area contributed by atoms with Crippen molar-refractivity contribution in [3.8, 4) is 0 Å². The van der Waals surface area contributed by atoms with Crippen LogP contribution in [0, 0.1) is 11.7 Å². The van der Waals surface area contributed by atoms with Crippen LogP contribution < -0.4 is 0 Å². The first-order valence-corrected chi connectivity index (χ1v) is 10.1. The molecule has 1 aliphatic rings. The van der Waals surface area contributed by atoms with Gasteiger partial charge in [-0.2, -0.15) is 0 Å². The fraction of sp³-hybridized carbons (Fsp3) is 0.545. The molecule has 2 heterocycles. The van der Waals surface area contributed by atoms with E-state index in [1.165, 1.54) is 17.8 Å². The molecule has 28 heavy (non-hydrogen) atoms. The molecular weight excluding hydrogens is 355 g/mol. The third kappa shape index (κ3) is 4.79. The van der Waals surface area contributed by atoms with E-state index < -0.39 is 0 Å². The molecule has 1 amide bonds. The highest BCUT2D eigenvalue weighted by Gasteiger charge is 2.32. The van der Waals surface area contributed by atoms with Gasteiger partial charge >= 0.3 is 0 Å². The molecule has 0 N–H and O–H groups in total. The minimum Gasteiger partial charge on any atom is -0.334 e. The van der Waals surface area contributed by atoms with Crippen LogP contribution >= 0.6 is 0 Å². The minimum absolute atomic E-state index is 0.121. The highest BCUT2D eigenvalue weighted by Crippen LogP contribution is 2.22. The summed E-state index contributed by atoms with van der Waals surface area (Å²) < 4.78 is 15.4. The van der Waals surface area contributed by atoms with E-state index in [1.54, 1.807) is 12.1 Å². The summed E-state index contributed by atoms with van der Waals surface area (Å²) in [5.41, 5.74) is 2.14. The van der Waals surface area contributed by atoms with Crippen molar-refractivity contribution in [2.24, 2.45) is 5.92 Å². The van der Waals surface area contributed by atoms with Crippen LogP contribution in [-0.2, 0) is 17.9 Å². The van der Waals surface area contributed by atoms with Crippen LogP contribution in [-0.4, -0.2) is 44.4 Å². The second kappa shape index (κ2) is 8.86. The van der Waals surface area contributed by atoms with Crippen LogP contribution in [0.3, 0.4) is 0 Å². The first kappa shape index (κ1) is 20.5. The zero-order chi connectivity index (χ0) is 20.3. The summed E-state index contributed by atoms with van der Waals surface area (Å²) in [6, 6.07) is 6.94. The number of benzene rings is 1. The van der Waals surface area contributed by atoms with E-state index in [-0.39, 0.29) is 17.8 Å².